The fourth-order valence-corrected chi connectivity index (χ4v) is 4.79. The second kappa shape index (κ2) is 5.88. The molecule has 1 heterocycles. The van der Waals surface area contributed by atoms with Gasteiger partial charge in [-0.3, -0.25) is 0 Å². The van der Waals surface area contributed by atoms with E-state index in [1.54, 1.807) is 0 Å². The molecule has 0 amide bonds. The van der Waals surface area contributed by atoms with Crippen LogP contribution < -0.4 is 5.32 Å². The largest absolute Gasteiger partial charge is 0.308 e. The maximum Gasteiger partial charge on any atom is 0.134 e. The van der Waals surface area contributed by atoms with Crippen LogP contribution in [0.25, 0.3) is 0 Å². The molecule has 1 N–H and O–H groups in total. The molecule has 106 valence electrons. The molecule has 0 aromatic carbocycles. The first kappa shape index (κ1) is 13.5. The molecule has 1 aromatic rings. The maximum atomic E-state index is 4.42. The predicted octanol–water partition coefficient (Wildman–Crippen LogP) is 3.58. The number of nitrogens with zero attached hydrogens (tertiary/aromatic N) is 2. The maximum absolute atomic E-state index is 4.42. The van der Waals surface area contributed by atoms with Gasteiger partial charge >= 0.3 is 0 Å². The number of hydrogen-bond donors (Lipinski definition) is 1. The van der Waals surface area contributed by atoms with Crippen LogP contribution in [-0.4, -0.2) is 16.7 Å². The van der Waals surface area contributed by atoms with Gasteiger partial charge in [0, 0.05) is 6.42 Å². The lowest BCUT2D eigenvalue weighted by molar-refractivity contribution is 0.330. The second-order valence-electron chi connectivity index (χ2n) is 6.35. The van der Waals surface area contributed by atoms with Crippen molar-refractivity contribution in [3.8, 4) is 0 Å². The molecule has 4 atom stereocenters. The molecule has 2 bridgehead atoms. The van der Waals surface area contributed by atoms with Gasteiger partial charge in [-0.25, -0.2) is 0 Å². The zero-order chi connectivity index (χ0) is 13.2. The van der Waals surface area contributed by atoms with Gasteiger partial charge < -0.3 is 5.32 Å². The predicted molar refractivity (Wildman–Crippen MR) is 79.3 cm³/mol. The van der Waals surface area contributed by atoms with Crippen LogP contribution in [0.2, 0.25) is 0 Å². The van der Waals surface area contributed by atoms with E-state index in [1.807, 2.05) is 11.3 Å². The lowest BCUT2D eigenvalue weighted by Crippen LogP contribution is -2.19. The van der Waals surface area contributed by atoms with Crippen LogP contribution in [0.5, 0.6) is 0 Å². The fourth-order valence-electron chi connectivity index (χ4n) is 3.82. The number of aromatic nitrogens is 2. The van der Waals surface area contributed by atoms with Crippen molar-refractivity contribution >= 4 is 11.3 Å². The fraction of sp³-hybridized carbons (Fsp3) is 0.867. The third-order valence-electron chi connectivity index (χ3n) is 4.87. The highest BCUT2D eigenvalue weighted by atomic mass is 32.1. The molecule has 0 spiro atoms. The summed E-state index contributed by atoms with van der Waals surface area (Å²) in [5.74, 6) is 2.93. The number of hydrogen-bond acceptors (Lipinski definition) is 4. The van der Waals surface area contributed by atoms with Gasteiger partial charge in [-0.2, -0.15) is 0 Å². The Morgan fingerprint density at radius 3 is 2.89 bits per heavy atom. The molecule has 0 aliphatic heterocycles. The normalized spacial score (nSPS) is 30.9. The Kier molecular flexibility index (Phi) is 4.18. The van der Waals surface area contributed by atoms with E-state index in [4.69, 9.17) is 0 Å². The van der Waals surface area contributed by atoms with Gasteiger partial charge in [0.1, 0.15) is 10.0 Å². The van der Waals surface area contributed by atoms with Crippen LogP contribution in [-0.2, 0) is 6.42 Å². The van der Waals surface area contributed by atoms with E-state index in [0.29, 0.717) is 6.04 Å². The highest BCUT2D eigenvalue weighted by Crippen LogP contribution is 2.49. The monoisotopic (exact) mass is 279 g/mol. The van der Waals surface area contributed by atoms with Gasteiger partial charge in [0.15, 0.2) is 0 Å². The zero-order valence-electron chi connectivity index (χ0n) is 12.1. The Hall–Kier alpha value is -0.480. The minimum absolute atomic E-state index is 0.353. The summed E-state index contributed by atoms with van der Waals surface area (Å²) >= 11 is 1.82. The van der Waals surface area contributed by atoms with E-state index in [9.17, 15) is 0 Å². The van der Waals surface area contributed by atoms with Crippen LogP contribution in [0.3, 0.4) is 0 Å². The highest BCUT2D eigenvalue weighted by molar-refractivity contribution is 7.11. The summed E-state index contributed by atoms with van der Waals surface area (Å²) in [5, 5.41) is 14.7. The van der Waals surface area contributed by atoms with Crippen LogP contribution in [0.1, 0.15) is 62.0 Å². The zero-order valence-corrected chi connectivity index (χ0v) is 12.9. The third kappa shape index (κ3) is 3.00. The summed E-state index contributed by atoms with van der Waals surface area (Å²) in [5.41, 5.74) is 0. The average Bonchev–Trinajstić information content (AvgIpc) is 3.11. The van der Waals surface area contributed by atoms with Crippen molar-refractivity contribution in [1.29, 1.82) is 0 Å². The van der Waals surface area contributed by atoms with E-state index < -0.39 is 0 Å². The summed E-state index contributed by atoms with van der Waals surface area (Å²) < 4.78 is 0. The molecular formula is C15H25N3S. The number of rotatable bonds is 6. The molecular weight excluding hydrogens is 254 g/mol. The molecule has 3 rings (SSSR count). The van der Waals surface area contributed by atoms with Gasteiger partial charge in [0.25, 0.3) is 0 Å². The van der Waals surface area contributed by atoms with Crippen LogP contribution in [0.4, 0.5) is 0 Å². The SMILES string of the molecule is CCCNC(C)c1nnc(CC2CC3CCC2C3)s1. The molecule has 0 saturated heterocycles. The number of fused-ring (bicyclic) bond motifs is 2. The summed E-state index contributed by atoms with van der Waals surface area (Å²) in [6.07, 6.45) is 8.24. The van der Waals surface area contributed by atoms with E-state index in [-0.39, 0.29) is 0 Å². The van der Waals surface area contributed by atoms with Gasteiger partial charge in [-0.15, -0.1) is 10.2 Å². The first-order chi connectivity index (χ1) is 9.26. The molecule has 3 nitrogen and oxygen atoms in total. The van der Waals surface area contributed by atoms with Gasteiger partial charge in [0.05, 0.1) is 6.04 Å². The van der Waals surface area contributed by atoms with Crippen LogP contribution >= 0.6 is 11.3 Å². The molecule has 2 saturated carbocycles. The van der Waals surface area contributed by atoms with Crippen molar-refractivity contribution in [2.75, 3.05) is 6.54 Å². The minimum Gasteiger partial charge on any atom is -0.308 e. The van der Waals surface area contributed by atoms with E-state index in [0.717, 1.165) is 29.3 Å². The summed E-state index contributed by atoms with van der Waals surface area (Å²) in [6, 6.07) is 0.353. The first-order valence-electron chi connectivity index (χ1n) is 7.82. The molecule has 4 unspecified atom stereocenters. The second-order valence-corrected chi connectivity index (χ2v) is 7.44. The lowest BCUT2D eigenvalue weighted by atomic mass is 9.87. The van der Waals surface area contributed by atoms with Crippen molar-refractivity contribution in [2.24, 2.45) is 17.8 Å². The minimum atomic E-state index is 0.353. The summed E-state index contributed by atoms with van der Waals surface area (Å²) in [4.78, 5) is 0. The highest BCUT2D eigenvalue weighted by Gasteiger charge is 2.39. The van der Waals surface area contributed by atoms with Gasteiger partial charge in [0.2, 0.25) is 0 Å². The molecule has 2 aliphatic carbocycles. The smallest absolute Gasteiger partial charge is 0.134 e. The Labute approximate surface area is 120 Å². The number of nitrogens with one attached hydrogen (secondary N) is 1. The van der Waals surface area contributed by atoms with Crippen molar-refractivity contribution in [3.63, 3.8) is 0 Å². The van der Waals surface area contributed by atoms with Crippen molar-refractivity contribution in [3.05, 3.63) is 10.0 Å². The van der Waals surface area contributed by atoms with Crippen molar-refractivity contribution in [2.45, 2.75) is 58.4 Å². The van der Waals surface area contributed by atoms with E-state index >= 15 is 0 Å². The Balaban J connectivity index is 1.56. The molecule has 4 heteroatoms. The molecule has 1 aromatic heterocycles. The van der Waals surface area contributed by atoms with Crippen molar-refractivity contribution < 1.29 is 0 Å². The standard InChI is InChI=1S/C15H25N3S/c1-3-6-16-10(2)15-18-17-14(19-15)9-13-8-11-4-5-12(13)7-11/h10-13,16H,3-9H2,1-2H3. The van der Waals surface area contributed by atoms with E-state index in [2.05, 4.69) is 29.4 Å². The molecule has 2 aliphatic rings. The summed E-state index contributed by atoms with van der Waals surface area (Å²) in [7, 11) is 0. The quantitative estimate of drug-likeness (QED) is 0.865. The molecule has 19 heavy (non-hydrogen) atoms. The average molecular weight is 279 g/mol. The topological polar surface area (TPSA) is 37.8 Å². The Morgan fingerprint density at radius 1 is 1.32 bits per heavy atom. The third-order valence-corrected chi connectivity index (χ3v) is 6.00. The molecule has 2 fully saturated rings. The van der Waals surface area contributed by atoms with Gasteiger partial charge in [-0.1, -0.05) is 24.7 Å². The Bertz CT molecular complexity index is 417. The summed E-state index contributed by atoms with van der Waals surface area (Å²) in [6.45, 7) is 5.44. The molecule has 0 radical (unpaired) electrons. The van der Waals surface area contributed by atoms with Crippen molar-refractivity contribution in [1.82, 2.24) is 15.5 Å². The van der Waals surface area contributed by atoms with Gasteiger partial charge in [-0.05, 0) is 56.9 Å². The van der Waals surface area contributed by atoms with E-state index in [1.165, 1.54) is 43.5 Å². The Morgan fingerprint density at radius 2 is 2.21 bits per heavy atom. The first-order valence-corrected chi connectivity index (χ1v) is 8.63. The van der Waals surface area contributed by atoms with Crippen LogP contribution in [0.15, 0.2) is 0 Å². The van der Waals surface area contributed by atoms with Crippen LogP contribution in [0, 0.1) is 17.8 Å². The lowest BCUT2D eigenvalue weighted by Gasteiger charge is -2.19.